The molecule has 0 atom stereocenters. The van der Waals surface area contributed by atoms with Gasteiger partial charge in [0.1, 0.15) is 5.75 Å². The maximum absolute atomic E-state index is 12.2. The highest BCUT2D eigenvalue weighted by Gasteiger charge is 2.13. The second-order valence-corrected chi connectivity index (χ2v) is 6.56. The van der Waals surface area contributed by atoms with E-state index in [4.69, 9.17) is 14.2 Å². The van der Waals surface area contributed by atoms with Crippen molar-refractivity contribution in [1.29, 1.82) is 0 Å². The van der Waals surface area contributed by atoms with Crippen molar-refractivity contribution in [2.75, 3.05) is 20.8 Å². The first-order valence-corrected chi connectivity index (χ1v) is 8.90. The van der Waals surface area contributed by atoms with E-state index >= 15 is 0 Å². The van der Waals surface area contributed by atoms with Crippen LogP contribution in [0.25, 0.3) is 0 Å². The molecule has 2 amide bonds. The first-order valence-electron chi connectivity index (χ1n) is 8.90. The molecule has 7 nitrogen and oxygen atoms in total. The summed E-state index contributed by atoms with van der Waals surface area (Å²) in [6.07, 6.45) is 0. The van der Waals surface area contributed by atoms with Crippen molar-refractivity contribution in [2.45, 2.75) is 26.7 Å². The van der Waals surface area contributed by atoms with Crippen LogP contribution in [0.4, 0.5) is 0 Å². The van der Waals surface area contributed by atoms with Gasteiger partial charge in [-0.1, -0.05) is 26.0 Å². The molecule has 0 aromatic heterocycles. The zero-order valence-electron chi connectivity index (χ0n) is 16.8. The van der Waals surface area contributed by atoms with Crippen LogP contribution in [-0.4, -0.2) is 32.6 Å². The SMILES string of the molecule is COc1ccc(C(=O)NNC(=O)COc2cc(C)ccc2C(C)C)cc1OC. The molecule has 7 heteroatoms. The topological polar surface area (TPSA) is 85.9 Å². The van der Waals surface area contributed by atoms with E-state index in [1.165, 1.54) is 20.3 Å². The molecule has 28 heavy (non-hydrogen) atoms. The van der Waals surface area contributed by atoms with E-state index in [9.17, 15) is 9.59 Å². The number of methoxy groups -OCH3 is 2. The van der Waals surface area contributed by atoms with E-state index in [0.29, 0.717) is 22.8 Å². The molecule has 0 spiro atoms. The second-order valence-electron chi connectivity index (χ2n) is 6.56. The van der Waals surface area contributed by atoms with E-state index in [0.717, 1.165) is 11.1 Å². The summed E-state index contributed by atoms with van der Waals surface area (Å²) in [6.45, 7) is 5.86. The molecule has 0 aliphatic heterocycles. The number of hydrogen-bond acceptors (Lipinski definition) is 5. The Kier molecular flexibility index (Phi) is 7.26. The Balaban J connectivity index is 1.93. The van der Waals surface area contributed by atoms with Gasteiger partial charge in [0, 0.05) is 5.56 Å². The van der Waals surface area contributed by atoms with E-state index in [2.05, 4.69) is 24.7 Å². The van der Waals surface area contributed by atoms with Crippen LogP contribution in [-0.2, 0) is 4.79 Å². The Hall–Kier alpha value is -3.22. The van der Waals surface area contributed by atoms with Crippen molar-refractivity contribution in [3.05, 3.63) is 53.1 Å². The van der Waals surface area contributed by atoms with E-state index < -0.39 is 11.8 Å². The minimum atomic E-state index is -0.479. The molecule has 0 fully saturated rings. The summed E-state index contributed by atoms with van der Waals surface area (Å²) in [7, 11) is 2.99. The largest absolute Gasteiger partial charge is 0.493 e. The average Bonchev–Trinajstić information content (AvgIpc) is 2.69. The standard InChI is InChI=1S/C21H26N2O5/c1-13(2)16-8-6-14(3)10-18(16)28-12-20(24)22-23-21(25)15-7-9-17(26-4)19(11-15)27-5/h6-11,13H,12H2,1-5H3,(H,22,24)(H,23,25). The Morgan fingerprint density at radius 1 is 0.929 bits per heavy atom. The summed E-state index contributed by atoms with van der Waals surface area (Å²) in [4.78, 5) is 24.3. The minimum absolute atomic E-state index is 0.213. The summed E-state index contributed by atoms with van der Waals surface area (Å²) in [5, 5.41) is 0. The molecule has 2 N–H and O–H groups in total. The predicted octanol–water partition coefficient (Wildman–Crippen LogP) is 2.98. The van der Waals surface area contributed by atoms with Gasteiger partial charge in [0.2, 0.25) is 0 Å². The van der Waals surface area contributed by atoms with Crippen molar-refractivity contribution >= 4 is 11.8 Å². The van der Waals surface area contributed by atoms with Gasteiger partial charge in [0.15, 0.2) is 18.1 Å². The molecule has 2 rings (SSSR count). The third-order valence-electron chi connectivity index (χ3n) is 4.11. The maximum Gasteiger partial charge on any atom is 0.276 e. The van der Waals surface area contributed by atoms with Crippen LogP contribution in [0.3, 0.4) is 0 Å². The fourth-order valence-electron chi connectivity index (χ4n) is 2.60. The molecule has 0 bridgehead atoms. The summed E-state index contributed by atoms with van der Waals surface area (Å²) in [6, 6.07) is 10.6. The minimum Gasteiger partial charge on any atom is -0.493 e. The van der Waals surface area contributed by atoms with Gasteiger partial charge in [-0.3, -0.25) is 20.4 Å². The lowest BCUT2D eigenvalue weighted by atomic mass is 10.0. The van der Waals surface area contributed by atoms with E-state index in [1.807, 2.05) is 25.1 Å². The lowest BCUT2D eigenvalue weighted by Crippen LogP contribution is -2.43. The number of aryl methyl sites for hydroxylation is 1. The number of carbonyl (C=O) groups excluding carboxylic acids is 2. The van der Waals surface area contributed by atoms with Gasteiger partial charge in [-0.2, -0.15) is 0 Å². The highest BCUT2D eigenvalue weighted by molar-refractivity contribution is 5.96. The second kappa shape index (κ2) is 9.64. The number of amides is 2. The van der Waals surface area contributed by atoms with Gasteiger partial charge >= 0.3 is 0 Å². The summed E-state index contributed by atoms with van der Waals surface area (Å²) >= 11 is 0. The van der Waals surface area contributed by atoms with Gasteiger partial charge in [-0.25, -0.2) is 0 Å². The normalized spacial score (nSPS) is 10.4. The van der Waals surface area contributed by atoms with Crippen LogP contribution in [0.15, 0.2) is 36.4 Å². The zero-order valence-corrected chi connectivity index (χ0v) is 16.8. The van der Waals surface area contributed by atoms with Crippen LogP contribution in [0.5, 0.6) is 17.2 Å². The fraction of sp³-hybridized carbons (Fsp3) is 0.333. The zero-order chi connectivity index (χ0) is 20.7. The summed E-state index contributed by atoms with van der Waals surface area (Å²) in [5.41, 5.74) is 7.09. The summed E-state index contributed by atoms with van der Waals surface area (Å²) in [5.74, 6) is 0.915. The number of rotatable bonds is 7. The van der Waals surface area contributed by atoms with Gasteiger partial charge in [0.25, 0.3) is 11.8 Å². The molecular formula is C21H26N2O5. The Bertz CT molecular complexity index is 849. The van der Waals surface area contributed by atoms with Crippen molar-refractivity contribution < 1.29 is 23.8 Å². The van der Waals surface area contributed by atoms with E-state index in [-0.39, 0.29) is 12.5 Å². The predicted molar refractivity (Wildman–Crippen MR) is 106 cm³/mol. The highest BCUT2D eigenvalue weighted by atomic mass is 16.5. The molecular weight excluding hydrogens is 360 g/mol. The average molecular weight is 386 g/mol. The van der Waals surface area contributed by atoms with Crippen molar-refractivity contribution in [3.8, 4) is 17.2 Å². The van der Waals surface area contributed by atoms with Crippen LogP contribution in [0.1, 0.15) is 41.3 Å². The molecule has 0 aliphatic rings. The monoisotopic (exact) mass is 386 g/mol. The smallest absolute Gasteiger partial charge is 0.276 e. The highest BCUT2D eigenvalue weighted by Crippen LogP contribution is 2.28. The summed E-state index contributed by atoms with van der Waals surface area (Å²) < 4.78 is 15.9. The number of hydrogen-bond donors (Lipinski definition) is 2. The number of benzene rings is 2. The van der Waals surface area contributed by atoms with Crippen molar-refractivity contribution in [3.63, 3.8) is 0 Å². The Morgan fingerprint density at radius 3 is 2.29 bits per heavy atom. The maximum atomic E-state index is 12.2. The molecule has 0 saturated carbocycles. The van der Waals surface area contributed by atoms with Gasteiger partial charge in [0.05, 0.1) is 14.2 Å². The lowest BCUT2D eigenvalue weighted by molar-refractivity contribution is -0.123. The van der Waals surface area contributed by atoms with Gasteiger partial charge in [-0.15, -0.1) is 0 Å². The molecule has 150 valence electrons. The molecule has 0 saturated heterocycles. The van der Waals surface area contributed by atoms with Crippen LogP contribution in [0, 0.1) is 6.92 Å². The first-order chi connectivity index (χ1) is 13.3. The van der Waals surface area contributed by atoms with Crippen LogP contribution in [0.2, 0.25) is 0 Å². The molecule has 2 aromatic carbocycles. The molecule has 0 heterocycles. The fourth-order valence-corrected chi connectivity index (χ4v) is 2.60. The third-order valence-corrected chi connectivity index (χ3v) is 4.11. The Morgan fingerprint density at radius 2 is 1.64 bits per heavy atom. The van der Waals surface area contributed by atoms with Crippen molar-refractivity contribution in [2.24, 2.45) is 0 Å². The van der Waals surface area contributed by atoms with Crippen LogP contribution < -0.4 is 25.1 Å². The number of hydrazine groups is 1. The molecule has 0 unspecified atom stereocenters. The molecule has 2 aromatic rings. The number of nitrogens with one attached hydrogen (secondary N) is 2. The van der Waals surface area contributed by atoms with Gasteiger partial charge in [-0.05, 0) is 48.2 Å². The quantitative estimate of drug-likeness (QED) is 0.715. The molecule has 0 aliphatic carbocycles. The van der Waals surface area contributed by atoms with Gasteiger partial charge < -0.3 is 14.2 Å². The lowest BCUT2D eigenvalue weighted by Gasteiger charge is -2.15. The number of carbonyl (C=O) groups is 2. The number of ether oxygens (including phenoxy) is 3. The Labute approximate surface area is 165 Å². The first kappa shape index (κ1) is 21.1. The third kappa shape index (κ3) is 5.39. The molecule has 0 radical (unpaired) electrons. The van der Waals surface area contributed by atoms with Crippen LogP contribution >= 0.6 is 0 Å². The van der Waals surface area contributed by atoms with E-state index in [1.54, 1.807) is 12.1 Å². The van der Waals surface area contributed by atoms with Crippen molar-refractivity contribution in [1.82, 2.24) is 10.9 Å².